The Balaban J connectivity index is 1.73. The topological polar surface area (TPSA) is 78.9 Å². The van der Waals surface area contributed by atoms with E-state index in [2.05, 4.69) is 5.32 Å². The van der Waals surface area contributed by atoms with Crippen LogP contribution in [0.25, 0.3) is 0 Å². The third-order valence-corrected chi connectivity index (χ3v) is 5.10. The lowest BCUT2D eigenvalue weighted by Crippen LogP contribution is -2.30. The van der Waals surface area contributed by atoms with E-state index < -0.39 is 6.10 Å². The molecule has 136 valence electrons. The van der Waals surface area contributed by atoms with Crippen LogP contribution in [0.5, 0.6) is 5.75 Å². The van der Waals surface area contributed by atoms with Crippen LogP contribution in [0.1, 0.15) is 29.6 Å². The summed E-state index contributed by atoms with van der Waals surface area (Å²) in [6.45, 7) is 1.09. The molecule has 0 radical (unpaired) electrons. The van der Waals surface area contributed by atoms with E-state index in [1.807, 2.05) is 0 Å². The molecular formula is C18H23ClN2O4. The highest BCUT2D eigenvalue weighted by Crippen LogP contribution is 2.33. The second-order valence-electron chi connectivity index (χ2n) is 6.78. The van der Waals surface area contributed by atoms with Crippen LogP contribution in [0, 0.1) is 11.8 Å². The Bertz CT molecular complexity index is 662. The first-order chi connectivity index (χ1) is 12.0. The number of hydrogen-bond donors (Lipinski definition) is 2. The molecule has 0 spiro atoms. The van der Waals surface area contributed by atoms with E-state index in [4.69, 9.17) is 16.3 Å². The van der Waals surface area contributed by atoms with Crippen molar-refractivity contribution in [1.29, 1.82) is 0 Å². The molecule has 1 aliphatic heterocycles. The maximum atomic E-state index is 12.9. The normalized spacial score (nSPS) is 22.8. The highest BCUT2D eigenvalue weighted by molar-refractivity contribution is 6.34. The summed E-state index contributed by atoms with van der Waals surface area (Å²) in [5, 5.41) is 13.1. The van der Waals surface area contributed by atoms with Gasteiger partial charge in [0, 0.05) is 32.5 Å². The summed E-state index contributed by atoms with van der Waals surface area (Å²) in [7, 11) is 1.56. The Kier molecular flexibility index (Phi) is 5.49. The zero-order chi connectivity index (χ0) is 18.0. The van der Waals surface area contributed by atoms with Gasteiger partial charge in [0.25, 0.3) is 5.91 Å². The maximum absolute atomic E-state index is 12.9. The van der Waals surface area contributed by atoms with E-state index in [0.717, 1.165) is 12.8 Å². The number of likely N-dealkylation sites (tertiary alicyclic amines) is 1. The van der Waals surface area contributed by atoms with Crippen molar-refractivity contribution in [2.45, 2.75) is 25.4 Å². The predicted molar refractivity (Wildman–Crippen MR) is 93.8 cm³/mol. The molecule has 0 aromatic heterocycles. The van der Waals surface area contributed by atoms with Crippen LogP contribution in [0.4, 0.5) is 0 Å². The number of amides is 2. The SMILES string of the molecule is CNC(=O)C[C@@H]1CN(C(=O)c2c(Cl)cccc2OCC2CC2)C[C@H]1O. The molecule has 6 nitrogen and oxygen atoms in total. The molecule has 1 heterocycles. The Hall–Kier alpha value is -1.79. The quantitative estimate of drug-likeness (QED) is 0.803. The van der Waals surface area contributed by atoms with Crippen LogP contribution in [0.15, 0.2) is 18.2 Å². The van der Waals surface area contributed by atoms with Crippen LogP contribution < -0.4 is 10.1 Å². The summed E-state index contributed by atoms with van der Waals surface area (Å²) < 4.78 is 5.80. The maximum Gasteiger partial charge on any atom is 0.259 e. The first-order valence-corrected chi connectivity index (χ1v) is 8.96. The fraction of sp³-hybridized carbons (Fsp3) is 0.556. The van der Waals surface area contributed by atoms with Gasteiger partial charge in [-0.15, -0.1) is 0 Å². The van der Waals surface area contributed by atoms with Crippen LogP contribution in [0.2, 0.25) is 5.02 Å². The van der Waals surface area contributed by atoms with Crippen LogP contribution in [-0.4, -0.2) is 54.7 Å². The Labute approximate surface area is 152 Å². The van der Waals surface area contributed by atoms with Crippen molar-refractivity contribution >= 4 is 23.4 Å². The van der Waals surface area contributed by atoms with Gasteiger partial charge in [0.2, 0.25) is 5.91 Å². The number of nitrogens with zero attached hydrogens (tertiary/aromatic N) is 1. The van der Waals surface area contributed by atoms with Gasteiger partial charge in [0.1, 0.15) is 11.3 Å². The number of carbonyl (C=O) groups excluding carboxylic acids is 2. The first-order valence-electron chi connectivity index (χ1n) is 8.58. The molecule has 25 heavy (non-hydrogen) atoms. The van der Waals surface area contributed by atoms with E-state index in [9.17, 15) is 14.7 Å². The van der Waals surface area contributed by atoms with Crippen molar-refractivity contribution in [3.8, 4) is 5.75 Å². The van der Waals surface area contributed by atoms with Crippen molar-refractivity contribution in [3.63, 3.8) is 0 Å². The third kappa shape index (κ3) is 4.25. The molecule has 2 amide bonds. The molecular weight excluding hydrogens is 344 g/mol. The molecule has 1 aromatic rings. The van der Waals surface area contributed by atoms with Gasteiger partial charge in [0.15, 0.2) is 0 Å². The van der Waals surface area contributed by atoms with Gasteiger partial charge < -0.3 is 20.1 Å². The van der Waals surface area contributed by atoms with Gasteiger partial charge in [0.05, 0.1) is 17.7 Å². The van der Waals surface area contributed by atoms with E-state index >= 15 is 0 Å². The molecule has 0 unspecified atom stereocenters. The highest BCUT2D eigenvalue weighted by Gasteiger charge is 2.37. The van der Waals surface area contributed by atoms with Crippen molar-refractivity contribution in [2.75, 3.05) is 26.7 Å². The summed E-state index contributed by atoms with van der Waals surface area (Å²) in [5.74, 6) is 0.350. The van der Waals surface area contributed by atoms with Gasteiger partial charge in [-0.25, -0.2) is 0 Å². The van der Waals surface area contributed by atoms with E-state index in [1.54, 1.807) is 30.1 Å². The van der Waals surface area contributed by atoms with Gasteiger partial charge in [-0.2, -0.15) is 0 Å². The molecule has 1 saturated carbocycles. The lowest BCUT2D eigenvalue weighted by atomic mass is 10.0. The monoisotopic (exact) mass is 366 g/mol. The molecule has 2 aliphatic rings. The van der Waals surface area contributed by atoms with Crippen LogP contribution in [-0.2, 0) is 4.79 Å². The van der Waals surface area contributed by atoms with Gasteiger partial charge >= 0.3 is 0 Å². The van der Waals surface area contributed by atoms with Crippen molar-refractivity contribution in [2.24, 2.45) is 11.8 Å². The molecule has 2 atom stereocenters. The highest BCUT2D eigenvalue weighted by atomic mass is 35.5. The number of hydrogen-bond acceptors (Lipinski definition) is 4. The largest absolute Gasteiger partial charge is 0.492 e. The zero-order valence-electron chi connectivity index (χ0n) is 14.2. The number of benzene rings is 1. The second kappa shape index (κ2) is 7.62. The van der Waals surface area contributed by atoms with Gasteiger partial charge in [-0.05, 0) is 30.9 Å². The summed E-state index contributed by atoms with van der Waals surface area (Å²) in [6.07, 6.45) is 1.78. The lowest BCUT2D eigenvalue weighted by molar-refractivity contribution is -0.122. The van der Waals surface area contributed by atoms with E-state index in [0.29, 0.717) is 35.4 Å². The van der Waals surface area contributed by atoms with Crippen LogP contribution in [0.3, 0.4) is 0 Å². The molecule has 2 fully saturated rings. The van der Waals surface area contributed by atoms with Crippen LogP contribution >= 0.6 is 11.6 Å². The number of nitrogens with one attached hydrogen (secondary N) is 1. The lowest BCUT2D eigenvalue weighted by Gasteiger charge is -2.19. The zero-order valence-corrected chi connectivity index (χ0v) is 15.0. The summed E-state index contributed by atoms with van der Waals surface area (Å²) >= 11 is 6.26. The molecule has 7 heteroatoms. The smallest absolute Gasteiger partial charge is 0.259 e. The van der Waals surface area contributed by atoms with E-state index in [-0.39, 0.29) is 30.7 Å². The number of aliphatic hydroxyl groups is 1. The number of halogens is 1. The molecule has 1 aromatic carbocycles. The standard InChI is InChI=1S/C18H23ClN2O4/c1-20-16(23)7-12-8-21(9-14(12)22)18(24)17-13(19)3-2-4-15(17)25-10-11-5-6-11/h2-4,11-12,14,22H,5-10H2,1H3,(H,20,23)/t12-,14-/m1/s1. The fourth-order valence-corrected chi connectivity index (χ4v) is 3.29. The molecule has 1 aliphatic carbocycles. The summed E-state index contributed by atoms with van der Waals surface area (Å²) in [6, 6.07) is 5.16. The average molecular weight is 367 g/mol. The number of ether oxygens (including phenoxy) is 1. The van der Waals surface area contributed by atoms with E-state index in [1.165, 1.54) is 0 Å². The summed E-state index contributed by atoms with van der Waals surface area (Å²) in [4.78, 5) is 26.0. The fourth-order valence-electron chi connectivity index (χ4n) is 3.04. The second-order valence-corrected chi connectivity index (χ2v) is 7.19. The minimum atomic E-state index is -0.723. The van der Waals surface area contributed by atoms with Gasteiger partial charge in [-0.3, -0.25) is 9.59 Å². The Morgan fingerprint density at radius 1 is 1.36 bits per heavy atom. The van der Waals surface area contributed by atoms with Crippen molar-refractivity contribution < 1.29 is 19.4 Å². The summed E-state index contributed by atoms with van der Waals surface area (Å²) in [5.41, 5.74) is 0.331. The molecule has 1 saturated heterocycles. The Morgan fingerprint density at radius 3 is 2.80 bits per heavy atom. The number of β-amino-alcohol motifs (C(OH)–C–C–N with tert-alkyl or cyclic N) is 1. The minimum absolute atomic E-state index is 0.149. The molecule has 2 N–H and O–H groups in total. The first kappa shape index (κ1) is 18.0. The van der Waals surface area contributed by atoms with Crippen molar-refractivity contribution in [3.05, 3.63) is 28.8 Å². The number of aliphatic hydroxyl groups excluding tert-OH is 1. The predicted octanol–water partition coefficient (Wildman–Crippen LogP) is 1.70. The average Bonchev–Trinajstić information content (AvgIpc) is 3.35. The molecule has 0 bridgehead atoms. The Morgan fingerprint density at radius 2 is 2.12 bits per heavy atom. The van der Waals surface area contributed by atoms with Crippen molar-refractivity contribution in [1.82, 2.24) is 10.2 Å². The number of rotatable bonds is 6. The number of carbonyl (C=O) groups is 2. The van der Waals surface area contributed by atoms with Gasteiger partial charge in [-0.1, -0.05) is 17.7 Å². The molecule has 3 rings (SSSR count). The third-order valence-electron chi connectivity index (χ3n) is 4.78. The minimum Gasteiger partial charge on any atom is -0.492 e.